The van der Waals surface area contributed by atoms with Crippen molar-refractivity contribution in [1.29, 1.82) is 0 Å². The van der Waals surface area contributed by atoms with Crippen LogP contribution in [0.25, 0.3) is 0 Å². The van der Waals surface area contributed by atoms with Crippen molar-refractivity contribution >= 4 is 11.4 Å². The molecule has 5 nitrogen and oxygen atoms in total. The Morgan fingerprint density at radius 1 is 1.60 bits per heavy atom. The van der Waals surface area contributed by atoms with E-state index < -0.39 is 16.4 Å². The maximum absolute atomic E-state index is 13.2. The molecule has 2 unspecified atom stereocenters. The fourth-order valence-electron chi connectivity index (χ4n) is 1.40. The number of anilines is 1. The quantitative estimate of drug-likeness (QED) is 0.582. The molecule has 1 aliphatic rings. The smallest absolute Gasteiger partial charge is 0.327 e. The number of benzene rings is 1. The van der Waals surface area contributed by atoms with E-state index in [1.807, 2.05) is 0 Å². The molecule has 2 atom stereocenters. The van der Waals surface area contributed by atoms with Crippen LogP contribution in [0.4, 0.5) is 15.8 Å². The van der Waals surface area contributed by atoms with Crippen LogP contribution in [0.15, 0.2) is 18.2 Å². The molecule has 1 aromatic rings. The molecule has 15 heavy (non-hydrogen) atoms. The van der Waals surface area contributed by atoms with Crippen molar-refractivity contribution in [3.05, 3.63) is 34.1 Å². The molecule has 0 aliphatic heterocycles. The number of nitrogens with two attached hydrogens (primary N) is 1. The zero-order chi connectivity index (χ0) is 11.0. The number of halogens is 1. The van der Waals surface area contributed by atoms with E-state index in [2.05, 4.69) is 5.32 Å². The Bertz CT molecular complexity index is 410. The minimum atomic E-state index is -0.834. The minimum absolute atomic E-state index is 0.00729. The van der Waals surface area contributed by atoms with Gasteiger partial charge in [-0.2, -0.15) is 4.39 Å². The summed E-state index contributed by atoms with van der Waals surface area (Å²) < 4.78 is 13.2. The lowest BCUT2D eigenvalue weighted by Gasteiger charge is -2.05. The average Bonchev–Trinajstić information content (AvgIpc) is 2.81. The van der Waals surface area contributed by atoms with Gasteiger partial charge < -0.3 is 11.1 Å². The average molecular weight is 211 g/mol. The monoisotopic (exact) mass is 211 g/mol. The summed E-state index contributed by atoms with van der Waals surface area (Å²) in [4.78, 5) is 9.89. The summed E-state index contributed by atoms with van der Waals surface area (Å²) >= 11 is 0. The van der Waals surface area contributed by atoms with Gasteiger partial charge in [0, 0.05) is 12.1 Å². The SMILES string of the molecule is NC1CC1Nc1cccc(F)c1[N+](=O)[O-]. The molecule has 1 fully saturated rings. The van der Waals surface area contributed by atoms with Crippen LogP contribution in [0, 0.1) is 15.9 Å². The number of hydrogen-bond donors (Lipinski definition) is 2. The lowest BCUT2D eigenvalue weighted by molar-refractivity contribution is -0.386. The zero-order valence-electron chi connectivity index (χ0n) is 7.81. The van der Waals surface area contributed by atoms with Gasteiger partial charge in [-0.25, -0.2) is 0 Å². The Labute approximate surface area is 85.2 Å². The van der Waals surface area contributed by atoms with E-state index in [9.17, 15) is 14.5 Å². The molecule has 3 N–H and O–H groups in total. The standard InChI is InChI=1S/C9H10FN3O2/c10-5-2-1-3-7(9(5)13(14)15)12-8-4-6(8)11/h1-3,6,8,12H,4,11H2. The molecule has 1 saturated carbocycles. The topological polar surface area (TPSA) is 81.2 Å². The number of para-hydroxylation sites is 1. The highest BCUT2D eigenvalue weighted by molar-refractivity contribution is 5.63. The number of nitro benzene ring substituents is 1. The van der Waals surface area contributed by atoms with E-state index in [0.29, 0.717) is 0 Å². The molecule has 0 bridgehead atoms. The predicted octanol–water partition coefficient (Wildman–Crippen LogP) is 1.25. The Morgan fingerprint density at radius 3 is 2.80 bits per heavy atom. The third-order valence-electron chi connectivity index (χ3n) is 2.35. The van der Waals surface area contributed by atoms with Crippen LogP contribution >= 0.6 is 0 Å². The van der Waals surface area contributed by atoms with Crippen molar-refractivity contribution in [1.82, 2.24) is 0 Å². The van der Waals surface area contributed by atoms with Crippen LogP contribution in [-0.4, -0.2) is 17.0 Å². The van der Waals surface area contributed by atoms with Crippen molar-refractivity contribution in [2.75, 3.05) is 5.32 Å². The largest absolute Gasteiger partial charge is 0.375 e. The first-order valence-electron chi connectivity index (χ1n) is 4.54. The highest BCUT2D eigenvalue weighted by Crippen LogP contribution is 2.31. The van der Waals surface area contributed by atoms with Gasteiger partial charge in [-0.1, -0.05) is 6.07 Å². The molecule has 1 aromatic carbocycles. The molecular formula is C9H10FN3O2. The summed E-state index contributed by atoms with van der Waals surface area (Å²) in [5.41, 5.74) is 5.23. The van der Waals surface area contributed by atoms with Crippen LogP contribution < -0.4 is 11.1 Å². The highest BCUT2D eigenvalue weighted by atomic mass is 19.1. The molecule has 0 amide bonds. The van der Waals surface area contributed by atoms with Gasteiger partial charge in [0.15, 0.2) is 0 Å². The van der Waals surface area contributed by atoms with E-state index in [4.69, 9.17) is 5.73 Å². The predicted molar refractivity (Wildman–Crippen MR) is 53.1 cm³/mol. The number of rotatable bonds is 3. The lowest BCUT2D eigenvalue weighted by atomic mass is 10.2. The Hall–Kier alpha value is -1.69. The van der Waals surface area contributed by atoms with Crippen molar-refractivity contribution in [3.8, 4) is 0 Å². The van der Waals surface area contributed by atoms with E-state index >= 15 is 0 Å². The third-order valence-corrected chi connectivity index (χ3v) is 2.35. The summed E-state index contributed by atoms with van der Waals surface area (Å²) in [6.07, 6.45) is 0.758. The van der Waals surface area contributed by atoms with E-state index in [1.165, 1.54) is 12.1 Å². The fraction of sp³-hybridized carbons (Fsp3) is 0.333. The van der Waals surface area contributed by atoms with Gasteiger partial charge >= 0.3 is 5.69 Å². The van der Waals surface area contributed by atoms with Gasteiger partial charge in [-0.15, -0.1) is 0 Å². The van der Waals surface area contributed by atoms with Crippen molar-refractivity contribution < 1.29 is 9.31 Å². The second-order valence-corrected chi connectivity index (χ2v) is 3.54. The molecule has 2 rings (SSSR count). The molecule has 6 heteroatoms. The first kappa shape index (κ1) is 9.85. The van der Waals surface area contributed by atoms with Gasteiger partial charge in [0.2, 0.25) is 5.82 Å². The highest BCUT2D eigenvalue weighted by Gasteiger charge is 2.35. The van der Waals surface area contributed by atoms with Crippen molar-refractivity contribution in [3.63, 3.8) is 0 Å². The lowest BCUT2D eigenvalue weighted by Crippen LogP contribution is -2.14. The maximum Gasteiger partial charge on any atom is 0.327 e. The van der Waals surface area contributed by atoms with E-state index in [0.717, 1.165) is 12.5 Å². The Kier molecular flexibility index (Phi) is 2.28. The van der Waals surface area contributed by atoms with Crippen molar-refractivity contribution in [2.45, 2.75) is 18.5 Å². The molecule has 0 saturated heterocycles. The second kappa shape index (κ2) is 3.47. The van der Waals surface area contributed by atoms with E-state index in [1.54, 1.807) is 0 Å². The number of nitrogens with zero attached hydrogens (tertiary/aromatic N) is 1. The molecule has 0 heterocycles. The zero-order valence-corrected chi connectivity index (χ0v) is 7.81. The number of nitrogens with one attached hydrogen (secondary N) is 1. The maximum atomic E-state index is 13.2. The molecule has 0 aromatic heterocycles. The van der Waals surface area contributed by atoms with Crippen LogP contribution in [0.3, 0.4) is 0 Å². The Morgan fingerprint density at radius 2 is 2.27 bits per heavy atom. The summed E-state index contributed by atoms with van der Waals surface area (Å²) in [6, 6.07) is 4.00. The Balaban J connectivity index is 2.29. The van der Waals surface area contributed by atoms with Crippen LogP contribution in [0.2, 0.25) is 0 Å². The number of nitro groups is 1. The first-order chi connectivity index (χ1) is 7.09. The molecule has 0 spiro atoms. The second-order valence-electron chi connectivity index (χ2n) is 3.54. The van der Waals surface area contributed by atoms with Gasteiger partial charge in [0.25, 0.3) is 0 Å². The van der Waals surface area contributed by atoms with Crippen LogP contribution in [0.5, 0.6) is 0 Å². The van der Waals surface area contributed by atoms with Crippen molar-refractivity contribution in [2.24, 2.45) is 5.73 Å². The summed E-state index contributed by atoms with van der Waals surface area (Å²) in [6.45, 7) is 0. The molecular weight excluding hydrogens is 201 g/mol. The van der Waals surface area contributed by atoms with Gasteiger partial charge in [0.1, 0.15) is 5.69 Å². The molecule has 1 aliphatic carbocycles. The first-order valence-corrected chi connectivity index (χ1v) is 4.54. The summed E-state index contributed by atoms with van der Waals surface area (Å²) in [7, 11) is 0. The molecule has 0 radical (unpaired) electrons. The van der Waals surface area contributed by atoms with Gasteiger partial charge in [-0.05, 0) is 18.6 Å². The minimum Gasteiger partial charge on any atom is -0.375 e. The fourth-order valence-corrected chi connectivity index (χ4v) is 1.40. The number of hydrogen-bond acceptors (Lipinski definition) is 4. The van der Waals surface area contributed by atoms with Gasteiger partial charge in [-0.3, -0.25) is 10.1 Å². The summed E-state index contributed by atoms with van der Waals surface area (Å²) in [5, 5.41) is 13.5. The normalized spacial score (nSPS) is 23.6. The molecule has 80 valence electrons. The van der Waals surface area contributed by atoms with Gasteiger partial charge in [0.05, 0.1) is 4.92 Å². The third kappa shape index (κ3) is 1.89. The van der Waals surface area contributed by atoms with Crippen LogP contribution in [0.1, 0.15) is 6.42 Å². The van der Waals surface area contributed by atoms with E-state index in [-0.39, 0.29) is 17.8 Å². The summed E-state index contributed by atoms with van der Waals surface area (Å²) in [5.74, 6) is -0.834. The van der Waals surface area contributed by atoms with Crippen LogP contribution in [-0.2, 0) is 0 Å².